The quantitative estimate of drug-likeness (QED) is 0.536. The van der Waals surface area contributed by atoms with Crippen molar-refractivity contribution in [3.8, 4) is 0 Å². The van der Waals surface area contributed by atoms with E-state index in [1.807, 2.05) is 60.7 Å². The predicted octanol–water partition coefficient (Wildman–Crippen LogP) is 3.02. The molecule has 1 amide bonds. The molecule has 0 aromatic heterocycles. The molecule has 0 fully saturated rings. The highest BCUT2D eigenvalue weighted by molar-refractivity contribution is 7.80. The van der Waals surface area contributed by atoms with Crippen molar-refractivity contribution in [3.63, 3.8) is 0 Å². The molecule has 5 heteroatoms. The van der Waals surface area contributed by atoms with E-state index in [0.717, 1.165) is 11.1 Å². The van der Waals surface area contributed by atoms with E-state index >= 15 is 0 Å². The first-order valence-corrected chi connectivity index (χ1v) is 8.94. The zero-order valence-corrected chi connectivity index (χ0v) is 15.0. The molecular formula is C20H23NO3S. The van der Waals surface area contributed by atoms with Crippen LogP contribution in [0, 0.1) is 5.92 Å². The first-order chi connectivity index (χ1) is 12.2. The summed E-state index contributed by atoms with van der Waals surface area (Å²) in [7, 11) is 0. The second-order valence-electron chi connectivity index (χ2n) is 5.76. The molecule has 0 bridgehead atoms. The SMILES string of the molecule is O=C(CNC(=O)[C@H](CCS)Cc1ccccc1)OCc1ccccc1. The summed E-state index contributed by atoms with van der Waals surface area (Å²) in [6.07, 6.45) is 1.29. The van der Waals surface area contributed by atoms with Gasteiger partial charge in [-0.15, -0.1) is 0 Å². The zero-order chi connectivity index (χ0) is 17.9. The normalized spacial score (nSPS) is 11.6. The summed E-state index contributed by atoms with van der Waals surface area (Å²) >= 11 is 4.23. The van der Waals surface area contributed by atoms with Gasteiger partial charge < -0.3 is 10.1 Å². The fourth-order valence-corrected chi connectivity index (χ4v) is 2.78. The van der Waals surface area contributed by atoms with Crippen LogP contribution in [0.5, 0.6) is 0 Å². The summed E-state index contributed by atoms with van der Waals surface area (Å²) in [5.41, 5.74) is 2.01. The number of carbonyl (C=O) groups excluding carboxylic acids is 2. The molecule has 0 aliphatic carbocycles. The van der Waals surface area contributed by atoms with Gasteiger partial charge in [-0.25, -0.2) is 0 Å². The number of nitrogens with one attached hydrogen (secondary N) is 1. The van der Waals surface area contributed by atoms with Crippen LogP contribution >= 0.6 is 12.6 Å². The third kappa shape index (κ3) is 7.01. The van der Waals surface area contributed by atoms with E-state index < -0.39 is 5.97 Å². The molecule has 0 saturated heterocycles. The smallest absolute Gasteiger partial charge is 0.325 e. The molecule has 132 valence electrons. The molecule has 0 aliphatic heterocycles. The Morgan fingerprint density at radius 2 is 1.56 bits per heavy atom. The number of ether oxygens (including phenoxy) is 1. The number of amides is 1. The lowest BCUT2D eigenvalue weighted by Gasteiger charge is -2.16. The highest BCUT2D eigenvalue weighted by Gasteiger charge is 2.19. The molecule has 0 spiro atoms. The number of hydrogen-bond acceptors (Lipinski definition) is 4. The number of carbonyl (C=O) groups is 2. The van der Waals surface area contributed by atoms with Gasteiger partial charge in [0.2, 0.25) is 5.91 Å². The molecule has 2 rings (SSSR count). The Bertz CT molecular complexity index is 661. The number of hydrogen-bond donors (Lipinski definition) is 2. The third-order valence-corrected chi connectivity index (χ3v) is 4.08. The summed E-state index contributed by atoms with van der Waals surface area (Å²) in [4.78, 5) is 24.2. The van der Waals surface area contributed by atoms with Gasteiger partial charge in [0.25, 0.3) is 0 Å². The van der Waals surface area contributed by atoms with Crippen LogP contribution in [-0.2, 0) is 27.4 Å². The van der Waals surface area contributed by atoms with Crippen LogP contribution in [0.4, 0.5) is 0 Å². The molecule has 2 aromatic rings. The van der Waals surface area contributed by atoms with Gasteiger partial charge in [0, 0.05) is 5.92 Å². The highest BCUT2D eigenvalue weighted by Crippen LogP contribution is 2.13. The molecule has 0 aliphatic rings. The Morgan fingerprint density at radius 3 is 2.16 bits per heavy atom. The lowest BCUT2D eigenvalue weighted by molar-refractivity contribution is -0.145. The standard InChI is InChI=1S/C20H23NO3S/c22-19(24-15-17-9-5-2-6-10-17)14-21-20(23)18(11-12-25)13-16-7-3-1-4-8-16/h1-10,18,25H,11-15H2,(H,21,23)/t18-/m1/s1. The molecule has 1 N–H and O–H groups in total. The van der Waals surface area contributed by atoms with Gasteiger partial charge in [-0.3, -0.25) is 9.59 Å². The van der Waals surface area contributed by atoms with Crippen molar-refractivity contribution in [2.24, 2.45) is 5.92 Å². The molecule has 0 radical (unpaired) electrons. The van der Waals surface area contributed by atoms with Crippen LogP contribution in [0.1, 0.15) is 17.5 Å². The first kappa shape index (κ1) is 19.1. The minimum atomic E-state index is -0.443. The minimum absolute atomic E-state index is 0.121. The average Bonchev–Trinajstić information content (AvgIpc) is 2.66. The Labute approximate surface area is 154 Å². The Morgan fingerprint density at radius 1 is 0.960 bits per heavy atom. The molecule has 2 aromatic carbocycles. The molecule has 4 nitrogen and oxygen atoms in total. The van der Waals surface area contributed by atoms with Crippen molar-refractivity contribution in [3.05, 3.63) is 71.8 Å². The van der Waals surface area contributed by atoms with Crippen LogP contribution in [0.3, 0.4) is 0 Å². The van der Waals surface area contributed by atoms with E-state index in [-0.39, 0.29) is 25.0 Å². The van der Waals surface area contributed by atoms with Gasteiger partial charge in [-0.05, 0) is 29.7 Å². The maximum absolute atomic E-state index is 12.4. The summed E-state index contributed by atoms with van der Waals surface area (Å²) < 4.78 is 5.17. The lowest BCUT2D eigenvalue weighted by Crippen LogP contribution is -2.36. The lowest BCUT2D eigenvalue weighted by atomic mass is 9.96. The van der Waals surface area contributed by atoms with Crippen LogP contribution < -0.4 is 5.32 Å². The van der Waals surface area contributed by atoms with Crippen LogP contribution in [0.15, 0.2) is 60.7 Å². The second-order valence-corrected chi connectivity index (χ2v) is 6.21. The summed E-state index contributed by atoms with van der Waals surface area (Å²) in [6, 6.07) is 19.3. The molecule has 0 heterocycles. The number of esters is 1. The summed E-state index contributed by atoms with van der Waals surface area (Å²) in [5, 5.41) is 2.68. The molecule has 25 heavy (non-hydrogen) atoms. The molecule has 0 unspecified atom stereocenters. The Balaban J connectivity index is 1.78. The zero-order valence-electron chi connectivity index (χ0n) is 14.1. The fraction of sp³-hybridized carbons (Fsp3) is 0.300. The fourth-order valence-electron chi connectivity index (χ4n) is 2.47. The molecule has 1 atom stereocenters. The van der Waals surface area contributed by atoms with E-state index in [0.29, 0.717) is 18.6 Å². The van der Waals surface area contributed by atoms with Crippen molar-refractivity contribution in [2.75, 3.05) is 12.3 Å². The number of rotatable bonds is 9. The van der Waals surface area contributed by atoms with Gasteiger partial charge in [-0.2, -0.15) is 12.6 Å². The minimum Gasteiger partial charge on any atom is -0.460 e. The number of benzene rings is 2. The topological polar surface area (TPSA) is 55.4 Å². The number of thiol groups is 1. The summed E-state index contributed by atoms with van der Waals surface area (Å²) in [6.45, 7) is 0.0865. The molecular weight excluding hydrogens is 334 g/mol. The van der Waals surface area contributed by atoms with Crippen molar-refractivity contribution in [1.29, 1.82) is 0 Å². The van der Waals surface area contributed by atoms with Crippen LogP contribution in [0.25, 0.3) is 0 Å². The van der Waals surface area contributed by atoms with E-state index in [1.54, 1.807) is 0 Å². The largest absolute Gasteiger partial charge is 0.460 e. The van der Waals surface area contributed by atoms with Crippen LogP contribution in [-0.4, -0.2) is 24.2 Å². The van der Waals surface area contributed by atoms with Crippen molar-refractivity contribution in [1.82, 2.24) is 5.32 Å². The maximum atomic E-state index is 12.4. The summed E-state index contributed by atoms with van der Waals surface area (Å²) in [5.74, 6) is -0.179. The van der Waals surface area contributed by atoms with Gasteiger partial charge in [0.05, 0.1) is 0 Å². The van der Waals surface area contributed by atoms with Gasteiger partial charge in [-0.1, -0.05) is 60.7 Å². The van der Waals surface area contributed by atoms with Gasteiger partial charge in [0.1, 0.15) is 13.2 Å². The second kappa shape index (κ2) is 10.6. The van der Waals surface area contributed by atoms with Crippen molar-refractivity contribution < 1.29 is 14.3 Å². The van der Waals surface area contributed by atoms with E-state index in [4.69, 9.17) is 4.74 Å². The van der Waals surface area contributed by atoms with Crippen LogP contribution in [0.2, 0.25) is 0 Å². The first-order valence-electron chi connectivity index (χ1n) is 8.31. The predicted molar refractivity (Wildman–Crippen MR) is 101 cm³/mol. The van der Waals surface area contributed by atoms with E-state index in [1.165, 1.54) is 0 Å². The monoisotopic (exact) mass is 357 g/mol. The molecule has 0 saturated carbocycles. The third-order valence-electron chi connectivity index (χ3n) is 3.82. The highest BCUT2D eigenvalue weighted by atomic mass is 32.1. The Hall–Kier alpha value is -2.27. The van der Waals surface area contributed by atoms with Crippen molar-refractivity contribution in [2.45, 2.75) is 19.4 Å². The van der Waals surface area contributed by atoms with Crippen molar-refractivity contribution >= 4 is 24.5 Å². The maximum Gasteiger partial charge on any atom is 0.325 e. The van der Waals surface area contributed by atoms with E-state index in [9.17, 15) is 9.59 Å². The average molecular weight is 357 g/mol. The Kier molecular flexibility index (Phi) is 8.05. The van der Waals surface area contributed by atoms with Gasteiger partial charge in [0.15, 0.2) is 0 Å². The van der Waals surface area contributed by atoms with Gasteiger partial charge >= 0.3 is 5.97 Å². The van der Waals surface area contributed by atoms with E-state index in [2.05, 4.69) is 17.9 Å².